The number of benzene rings is 1. The fourth-order valence-electron chi connectivity index (χ4n) is 2.37. The van der Waals surface area contributed by atoms with E-state index in [0.717, 1.165) is 31.1 Å². The Bertz CT molecular complexity index is 477. The van der Waals surface area contributed by atoms with Crippen LogP contribution < -0.4 is 4.74 Å². The lowest BCUT2D eigenvalue weighted by molar-refractivity contribution is 0.0578. The second kappa shape index (κ2) is 7.32. The molecule has 1 aromatic rings. The van der Waals surface area contributed by atoms with Gasteiger partial charge in [0, 0.05) is 22.9 Å². The van der Waals surface area contributed by atoms with Crippen LogP contribution in [-0.4, -0.2) is 35.8 Å². The van der Waals surface area contributed by atoms with E-state index in [9.17, 15) is 4.79 Å². The van der Waals surface area contributed by atoms with Crippen molar-refractivity contribution < 1.29 is 9.53 Å². The smallest absolute Gasteiger partial charge is 0.257 e. The SMILES string of the molecule is COc1cc(Cl)ccc1C(=O)N(CCCBr)C1CCC1. The zero-order valence-corrected chi connectivity index (χ0v) is 13.9. The van der Waals surface area contributed by atoms with Crippen LogP contribution in [0.15, 0.2) is 18.2 Å². The number of hydrogen-bond acceptors (Lipinski definition) is 2. The van der Waals surface area contributed by atoms with Gasteiger partial charge in [-0.1, -0.05) is 27.5 Å². The molecule has 0 radical (unpaired) electrons. The highest BCUT2D eigenvalue weighted by Gasteiger charge is 2.30. The number of rotatable bonds is 6. The Morgan fingerprint density at radius 3 is 2.80 bits per heavy atom. The molecule has 1 aromatic carbocycles. The third-order valence-electron chi connectivity index (χ3n) is 3.70. The van der Waals surface area contributed by atoms with E-state index in [2.05, 4.69) is 15.9 Å². The highest BCUT2D eigenvalue weighted by atomic mass is 79.9. The summed E-state index contributed by atoms with van der Waals surface area (Å²) in [4.78, 5) is 14.7. The summed E-state index contributed by atoms with van der Waals surface area (Å²) in [5, 5.41) is 1.48. The number of carbonyl (C=O) groups excluding carboxylic acids is 1. The van der Waals surface area contributed by atoms with Crippen LogP contribution in [0, 0.1) is 0 Å². The van der Waals surface area contributed by atoms with E-state index in [1.54, 1.807) is 25.3 Å². The third kappa shape index (κ3) is 3.47. The molecule has 1 aliphatic carbocycles. The Hall–Kier alpha value is -0.740. The monoisotopic (exact) mass is 359 g/mol. The number of nitrogens with zero attached hydrogens (tertiary/aromatic N) is 1. The molecule has 20 heavy (non-hydrogen) atoms. The normalized spacial score (nSPS) is 14.8. The fourth-order valence-corrected chi connectivity index (χ4v) is 2.79. The summed E-state index contributed by atoms with van der Waals surface area (Å²) >= 11 is 9.38. The molecule has 110 valence electrons. The van der Waals surface area contributed by atoms with E-state index >= 15 is 0 Å². The van der Waals surface area contributed by atoms with Crippen molar-refractivity contribution in [2.75, 3.05) is 19.0 Å². The van der Waals surface area contributed by atoms with Crippen molar-refractivity contribution >= 4 is 33.4 Å². The van der Waals surface area contributed by atoms with Crippen LogP contribution in [0.25, 0.3) is 0 Å². The van der Waals surface area contributed by atoms with Crippen molar-refractivity contribution in [1.82, 2.24) is 4.90 Å². The molecule has 0 bridgehead atoms. The second-order valence-corrected chi connectivity index (χ2v) is 6.20. The first kappa shape index (κ1) is 15.6. The summed E-state index contributed by atoms with van der Waals surface area (Å²) in [7, 11) is 1.56. The van der Waals surface area contributed by atoms with Gasteiger partial charge in [0.2, 0.25) is 0 Å². The van der Waals surface area contributed by atoms with Crippen LogP contribution in [-0.2, 0) is 0 Å². The van der Waals surface area contributed by atoms with Crippen molar-refractivity contribution in [3.05, 3.63) is 28.8 Å². The third-order valence-corrected chi connectivity index (χ3v) is 4.50. The van der Waals surface area contributed by atoms with Gasteiger partial charge < -0.3 is 9.64 Å². The van der Waals surface area contributed by atoms with E-state index in [0.29, 0.717) is 22.4 Å². The maximum absolute atomic E-state index is 12.8. The van der Waals surface area contributed by atoms with Gasteiger partial charge in [0.25, 0.3) is 5.91 Å². The molecule has 0 aromatic heterocycles. The predicted molar refractivity (Wildman–Crippen MR) is 85.1 cm³/mol. The number of amides is 1. The molecule has 1 fully saturated rings. The van der Waals surface area contributed by atoms with E-state index in [4.69, 9.17) is 16.3 Å². The Morgan fingerprint density at radius 1 is 1.50 bits per heavy atom. The molecule has 0 N–H and O–H groups in total. The molecule has 0 aliphatic heterocycles. The van der Waals surface area contributed by atoms with Gasteiger partial charge in [0.1, 0.15) is 5.75 Å². The predicted octanol–water partition coefficient (Wildman–Crippen LogP) is 4.13. The van der Waals surface area contributed by atoms with Gasteiger partial charge in [-0.3, -0.25) is 4.79 Å². The van der Waals surface area contributed by atoms with Gasteiger partial charge in [-0.05, 0) is 43.9 Å². The van der Waals surface area contributed by atoms with Gasteiger partial charge in [0.05, 0.1) is 12.7 Å². The molecule has 0 spiro atoms. The lowest BCUT2D eigenvalue weighted by Crippen LogP contribution is -2.45. The van der Waals surface area contributed by atoms with Crippen LogP contribution in [0.3, 0.4) is 0 Å². The van der Waals surface area contributed by atoms with Gasteiger partial charge >= 0.3 is 0 Å². The molecule has 3 nitrogen and oxygen atoms in total. The number of hydrogen-bond donors (Lipinski definition) is 0. The minimum absolute atomic E-state index is 0.0455. The van der Waals surface area contributed by atoms with E-state index in [-0.39, 0.29) is 5.91 Å². The first-order chi connectivity index (χ1) is 9.67. The van der Waals surface area contributed by atoms with Crippen LogP contribution in [0.2, 0.25) is 5.02 Å². The van der Waals surface area contributed by atoms with Crippen LogP contribution in [0.4, 0.5) is 0 Å². The first-order valence-corrected chi connectivity index (χ1v) is 8.37. The van der Waals surface area contributed by atoms with Crippen molar-refractivity contribution in [3.63, 3.8) is 0 Å². The molecule has 1 saturated carbocycles. The van der Waals surface area contributed by atoms with Crippen LogP contribution in [0.1, 0.15) is 36.0 Å². The summed E-state index contributed by atoms with van der Waals surface area (Å²) in [6.07, 6.45) is 4.37. The molecule has 0 saturated heterocycles. The van der Waals surface area contributed by atoms with Crippen molar-refractivity contribution in [1.29, 1.82) is 0 Å². The first-order valence-electron chi connectivity index (χ1n) is 6.88. The molecule has 0 heterocycles. The average Bonchev–Trinajstić information content (AvgIpc) is 2.40. The van der Waals surface area contributed by atoms with Crippen LogP contribution >= 0.6 is 27.5 Å². The van der Waals surface area contributed by atoms with Gasteiger partial charge in [-0.15, -0.1) is 0 Å². The Morgan fingerprint density at radius 2 is 2.25 bits per heavy atom. The molecule has 1 aliphatic rings. The molecular weight excluding hydrogens is 342 g/mol. The molecule has 0 atom stereocenters. The average molecular weight is 361 g/mol. The Kier molecular flexibility index (Phi) is 5.73. The fraction of sp³-hybridized carbons (Fsp3) is 0.533. The number of methoxy groups -OCH3 is 1. The molecular formula is C15H19BrClNO2. The maximum atomic E-state index is 12.8. The minimum Gasteiger partial charge on any atom is -0.496 e. The number of alkyl halides is 1. The summed E-state index contributed by atoms with van der Waals surface area (Å²) < 4.78 is 5.29. The summed E-state index contributed by atoms with van der Waals surface area (Å²) in [6, 6.07) is 5.56. The summed E-state index contributed by atoms with van der Waals surface area (Å²) in [6.45, 7) is 0.778. The quantitative estimate of drug-likeness (QED) is 0.714. The minimum atomic E-state index is 0.0455. The van der Waals surface area contributed by atoms with Gasteiger partial charge in [-0.2, -0.15) is 0 Å². The molecule has 2 rings (SSSR count). The topological polar surface area (TPSA) is 29.5 Å². The number of halogens is 2. The molecule has 5 heteroatoms. The molecule has 1 amide bonds. The number of carbonyl (C=O) groups is 1. The standard InChI is InChI=1S/C15H19BrClNO2/c1-20-14-10-11(17)6-7-13(14)15(19)18(9-3-8-16)12-4-2-5-12/h6-7,10,12H,2-5,8-9H2,1H3. The van der Waals surface area contributed by atoms with Gasteiger partial charge in [0.15, 0.2) is 0 Å². The summed E-state index contributed by atoms with van der Waals surface area (Å²) in [5.41, 5.74) is 0.596. The largest absolute Gasteiger partial charge is 0.496 e. The lowest BCUT2D eigenvalue weighted by atomic mass is 9.90. The van der Waals surface area contributed by atoms with Crippen molar-refractivity contribution in [3.8, 4) is 5.75 Å². The zero-order valence-electron chi connectivity index (χ0n) is 11.6. The lowest BCUT2D eigenvalue weighted by Gasteiger charge is -2.37. The summed E-state index contributed by atoms with van der Waals surface area (Å²) in [5.74, 6) is 0.592. The number of ether oxygens (including phenoxy) is 1. The van der Waals surface area contributed by atoms with Crippen LogP contribution in [0.5, 0.6) is 5.75 Å². The van der Waals surface area contributed by atoms with E-state index < -0.39 is 0 Å². The highest BCUT2D eigenvalue weighted by molar-refractivity contribution is 9.09. The van der Waals surface area contributed by atoms with Gasteiger partial charge in [-0.25, -0.2) is 0 Å². The zero-order chi connectivity index (χ0) is 14.5. The second-order valence-electron chi connectivity index (χ2n) is 4.97. The van der Waals surface area contributed by atoms with E-state index in [1.165, 1.54) is 6.42 Å². The van der Waals surface area contributed by atoms with E-state index in [1.807, 2.05) is 4.90 Å². The maximum Gasteiger partial charge on any atom is 0.257 e. The highest BCUT2D eigenvalue weighted by Crippen LogP contribution is 2.30. The molecule has 0 unspecified atom stereocenters. The van der Waals surface area contributed by atoms with Crippen molar-refractivity contribution in [2.45, 2.75) is 31.7 Å². The Balaban J connectivity index is 2.21. The Labute approximate surface area is 133 Å². The van der Waals surface area contributed by atoms with Crippen molar-refractivity contribution in [2.24, 2.45) is 0 Å².